The fraction of sp³-hybridized carbons (Fsp3) is 0.364. The average Bonchev–Trinajstić information content (AvgIpc) is 3.11. The van der Waals surface area contributed by atoms with Crippen molar-refractivity contribution in [2.24, 2.45) is 0 Å². The molecular weight excluding hydrogens is 430 g/mol. The van der Waals surface area contributed by atoms with Crippen LogP contribution in [0.2, 0.25) is 5.02 Å². The first-order valence-electron chi connectivity index (χ1n) is 10.4. The Balaban J connectivity index is 1.44. The summed E-state index contributed by atoms with van der Waals surface area (Å²) >= 11 is 6.07. The normalized spacial score (nSPS) is 13.9. The summed E-state index contributed by atoms with van der Waals surface area (Å²) in [6.45, 7) is 8.28. The van der Waals surface area contributed by atoms with Crippen molar-refractivity contribution in [3.8, 4) is 11.6 Å². The van der Waals surface area contributed by atoms with Gasteiger partial charge in [-0.1, -0.05) is 11.6 Å². The molecule has 0 atom stereocenters. The van der Waals surface area contributed by atoms with Crippen LogP contribution in [0, 0.1) is 20.8 Å². The molecule has 1 fully saturated rings. The average molecular weight is 456 g/mol. The second-order valence-corrected chi connectivity index (χ2v) is 8.16. The molecule has 1 aliphatic rings. The van der Waals surface area contributed by atoms with Gasteiger partial charge in [-0.2, -0.15) is 5.10 Å². The molecule has 9 nitrogen and oxygen atoms in total. The van der Waals surface area contributed by atoms with E-state index >= 15 is 0 Å². The first-order valence-corrected chi connectivity index (χ1v) is 10.8. The quantitative estimate of drug-likeness (QED) is 0.646. The van der Waals surface area contributed by atoms with Gasteiger partial charge >= 0.3 is 6.03 Å². The van der Waals surface area contributed by atoms with Crippen LogP contribution in [0.1, 0.15) is 17.2 Å². The number of aryl methyl sites for hydroxylation is 3. The standard InChI is InChI=1S/C22H26ClN7O2/c1-14-11-15(2)30(27-14)21-13-20(24-16(3)25-21)28-7-9-29(10-8-28)22(31)26-18-12-17(23)5-6-19(18)32-4/h5-6,11-13H,7-10H2,1-4H3,(H,26,31). The number of carbonyl (C=O) groups excluding carboxylic acids is 1. The topological polar surface area (TPSA) is 88.4 Å². The molecule has 0 spiro atoms. The van der Waals surface area contributed by atoms with Gasteiger partial charge in [0, 0.05) is 43.0 Å². The van der Waals surface area contributed by atoms with Crippen molar-refractivity contribution in [3.63, 3.8) is 0 Å². The lowest BCUT2D eigenvalue weighted by Gasteiger charge is -2.35. The molecular formula is C22H26ClN7O2. The van der Waals surface area contributed by atoms with Crippen LogP contribution < -0.4 is 15.0 Å². The van der Waals surface area contributed by atoms with Gasteiger partial charge in [-0.3, -0.25) is 0 Å². The fourth-order valence-electron chi connectivity index (χ4n) is 3.78. The van der Waals surface area contributed by atoms with Gasteiger partial charge in [-0.15, -0.1) is 0 Å². The van der Waals surface area contributed by atoms with Crippen LogP contribution in [-0.2, 0) is 0 Å². The van der Waals surface area contributed by atoms with E-state index in [0.717, 1.165) is 23.0 Å². The number of amides is 2. The highest BCUT2D eigenvalue weighted by atomic mass is 35.5. The highest BCUT2D eigenvalue weighted by molar-refractivity contribution is 6.31. The highest BCUT2D eigenvalue weighted by Crippen LogP contribution is 2.28. The summed E-state index contributed by atoms with van der Waals surface area (Å²) in [6.07, 6.45) is 0. The van der Waals surface area contributed by atoms with Gasteiger partial charge in [0.1, 0.15) is 17.4 Å². The molecule has 0 aliphatic carbocycles. The Morgan fingerprint density at radius 2 is 1.75 bits per heavy atom. The van der Waals surface area contributed by atoms with Gasteiger partial charge in [0.25, 0.3) is 0 Å². The summed E-state index contributed by atoms with van der Waals surface area (Å²) in [5.41, 5.74) is 2.51. The van der Waals surface area contributed by atoms with Gasteiger partial charge in [0.05, 0.1) is 18.5 Å². The van der Waals surface area contributed by atoms with Crippen molar-refractivity contribution in [3.05, 3.63) is 52.6 Å². The van der Waals surface area contributed by atoms with Crippen LogP contribution >= 0.6 is 11.6 Å². The molecule has 1 saturated heterocycles. The minimum absolute atomic E-state index is 0.188. The summed E-state index contributed by atoms with van der Waals surface area (Å²) in [5, 5.41) is 7.96. The Hall–Kier alpha value is -3.33. The van der Waals surface area contributed by atoms with Crippen LogP contribution in [0.4, 0.5) is 16.3 Å². The number of piperazine rings is 1. The van der Waals surface area contributed by atoms with E-state index in [0.29, 0.717) is 48.5 Å². The van der Waals surface area contributed by atoms with Crippen LogP contribution in [0.25, 0.3) is 5.82 Å². The Labute approximate surface area is 192 Å². The maximum Gasteiger partial charge on any atom is 0.322 e. The third kappa shape index (κ3) is 4.62. The van der Waals surface area contributed by atoms with Crippen molar-refractivity contribution < 1.29 is 9.53 Å². The summed E-state index contributed by atoms with van der Waals surface area (Å²) in [5.74, 6) is 2.82. The molecule has 1 N–H and O–H groups in total. The van der Waals surface area contributed by atoms with E-state index in [-0.39, 0.29) is 6.03 Å². The summed E-state index contributed by atoms with van der Waals surface area (Å²) in [4.78, 5) is 25.9. The Morgan fingerprint density at radius 3 is 2.41 bits per heavy atom. The number of rotatable bonds is 4. The number of aromatic nitrogens is 4. The number of ether oxygens (including phenoxy) is 1. The Kier molecular flexibility index (Phi) is 6.18. The molecule has 2 amide bonds. The van der Waals surface area contributed by atoms with E-state index in [1.807, 2.05) is 37.6 Å². The van der Waals surface area contributed by atoms with Gasteiger partial charge in [0.2, 0.25) is 0 Å². The predicted octanol–water partition coefficient (Wildman–Crippen LogP) is 3.60. The lowest BCUT2D eigenvalue weighted by atomic mass is 10.3. The van der Waals surface area contributed by atoms with Crippen LogP contribution in [0.15, 0.2) is 30.3 Å². The van der Waals surface area contributed by atoms with Crippen LogP contribution in [0.5, 0.6) is 5.75 Å². The Morgan fingerprint density at radius 1 is 1.03 bits per heavy atom. The molecule has 168 valence electrons. The zero-order chi connectivity index (χ0) is 22.8. The fourth-order valence-corrected chi connectivity index (χ4v) is 3.95. The van der Waals surface area contributed by atoms with Gasteiger partial charge in [-0.25, -0.2) is 19.4 Å². The SMILES string of the molecule is COc1ccc(Cl)cc1NC(=O)N1CCN(c2cc(-n3nc(C)cc3C)nc(C)n2)CC1. The van der Waals surface area contributed by atoms with Crippen molar-refractivity contribution in [1.29, 1.82) is 0 Å². The summed E-state index contributed by atoms with van der Waals surface area (Å²) in [7, 11) is 1.56. The molecule has 10 heteroatoms. The molecule has 3 heterocycles. The lowest BCUT2D eigenvalue weighted by molar-refractivity contribution is 0.208. The van der Waals surface area contributed by atoms with Gasteiger partial charge in [-0.05, 0) is 45.0 Å². The van der Waals surface area contributed by atoms with E-state index in [9.17, 15) is 4.79 Å². The number of hydrogen-bond donors (Lipinski definition) is 1. The molecule has 0 bridgehead atoms. The summed E-state index contributed by atoms with van der Waals surface area (Å²) < 4.78 is 7.14. The van der Waals surface area contributed by atoms with E-state index in [2.05, 4.69) is 25.3 Å². The van der Waals surface area contributed by atoms with Gasteiger partial charge < -0.3 is 19.9 Å². The maximum atomic E-state index is 12.8. The zero-order valence-electron chi connectivity index (χ0n) is 18.6. The third-order valence-electron chi connectivity index (χ3n) is 5.33. The third-order valence-corrected chi connectivity index (χ3v) is 5.57. The maximum absolute atomic E-state index is 12.8. The minimum atomic E-state index is -0.188. The Bertz CT molecular complexity index is 1140. The number of carbonyl (C=O) groups is 1. The minimum Gasteiger partial charge on any atom is -0.495 e. The number of nitrogens with one attached hydrogen (secondary N) is 1. The zero-order valence-corrected chi connectivity index (χ0v) is 19.3. The summed E-state index contributed by atoms with van der Waals surface area (Å²) in [6, 6.07) is 8.90. The van der Waals surface area contributed by atoms with Gasteiger partial charge in [0.15, 0.2) is 5.82 Å². The number of urea groups is 1. The van der Waals surface area contributed by atoms with E-state index in [4.69, 9.17) is 16.3 Å². The smallest absolute Gasteiger partial charge is 0.322 e. The predicted molar refractivity (Wildman–Crippen MR) is 124 cm³/mol. The first kappa shape index (κ1) is 21.9. The lowest BCUT2D eigenvalue weighted by Crippen LogP contribution is -2.50. The molecule has 4 rings (SSSR count). The van der Waals surface area contributed by atoms with E-state index < -0.39 is 0 Å². The number of hydrogen-bond acceptors (Lipinski definition) is 6. The molecule has 3 aromatic rings. The number of methoxy groups -OCH3 is 1. The molecule has 1 aromatic carbocycles. The van der Waals surface area contributed by atoms with Crippen molar-refractivity contribution >= 4 is 29.1 Å². The second kappa shape index (κ2) is 9.04. The molecule has 32 heavy (non-hydrogen) atoms. The molecule has 2 aromatic heterocycles. The van der Waals surface area contributed by atoms with E-state index in [1.54, 1.807) is 30.2 Å². The van der Waals surface area contributed by atoms with Crippen LogP contribution in [0.3, 0.4) is 0 Å². The molecule has 0 unspecified atom stereocenters. The molecule has 0 saturated carbocycles. The number of nitrogens with zero attached hydrogens (tertiary/aromatic N) is 6. The van der Waals surface area contributed by atoms with Crippen molar-refractivity contribution in [2.75, 3.05) is 43.5 Å². The monoisotopic (exact) mass is 455 g/mol. The molecule has 1 aliphatic heterocycles. The second-order valence-electron chi connectivity index (χ2n) is 7.72. The van der Waals surface area contributed by atoms with Crippen LogP contribution in [-0.4, -0.2) is 64.0 Å². The highest BCUT2D eigenvalue weighted by Gasteiger charge is 2.23. The number of benzene rings is 1. The largest absolute Gasteiger partial charge is 0.495 e. The molecule has 0 radical (unpaired) electrons. The van der Waals surface area contributed by atoms with E-state index in [1.165, 1.54) is 0 Å². The number of halogens is 1. The first-order chi connectivity index (χ1) is 15.3. The van der Waals surface area contributed by atoms with Crippen molar-refractivity contribution in [2.45, 2.75) is 20.8 Å². The van der Waals surface area contributed by atoms with Crippen molar-refractivity contribution in [1.82, 2.24) is 24.6 Å². The number of anilines is 2.